The van der Waals surface area contributed by atoms with Gasteiger partial charge in [0.1, 0.15) is 5.75 Å². The lowest BCUT2D eigenvalue weighted by atomic mass is 9.96. The number of aromatic nitrogens is 1. The van der Waals surface area contributed by atoms with E-state index in [1.165, 1.54) is 18.5 Å². The third-order valence-corrected chi connectivity index (χ3v) is 2.62. The second kappa shape index (κ2) is 4.49. The quantitative estimate of drug-likeness (QED) is 0.701. The van der Waals surface area contributed by atoms with Crippen molar-refractivity contribution in [3.8, 4) is 5.75 Å². The largest absolute Gasteiger partial charge is 0.505 e. The molecule has 0 aliphatic rings. The molecule has 0 aromatic carbocycles. The van der Waals surface area contributed by atoms with Crippen molar-refractivity contribution in [2.45, 2.75) is 32.4 Å². The summed E-state index contributed by atoms with van der Waals surface area (Å²) in [5.41, 5.74) is 5.41. The van der Waals surface area contributed by atoms with Gasteiger partial charge in [-0.2, -0.15) is 0 Å². The summed E-state index contributed by atoms with van der Waals surface area (Å²) in [6.07, 6.45) is 2.68. The topological polar surface area (TPSA) is 88.2 Å². The molecule has 1 heterocycles. The van der Waals surface area contributed by atoms with Crippen LogP contribution in [0.1, 0.15) is 31.1 Å². The van der Waals surface area contributed by atoms with E-state index in [1.54, 1.807) is 0 Å². The van der Waals surface area contributed by atoms with E-state index < -0.39 is 5.54 Å². The minimum atomic E-state index is -0.535. The Morgan fingerprint density at radius 1 is 1.62 bits per heavy atom. The van der Waals surface area contributed by atoms with Crippen molar-refractivity contribution in [1.29, 1.82) is 0 Å². The number of carbonyl (C=O) groups is 1. The van der Waals surface area contributed by atoms with Gasteiger partial charge in [0.15, 0.2) is 0 Å². The van der Waals surface area contributed by atoms with E-state index in [0.29, 0.717) is 0 Å². The van der Waals surface area contributed by atoms with Crippen LogP contribution in [0.5, 0.6) is 5.75 Å². The fourth-order valence-electron chi connectivity index (χ4n) is 1.05. The van der Waals surface area contributed by atoms with Gasteiger partial charge in [-0.05, 0) is 26.8 Å². The lowest BCUT2D eigenvalue weighted by Gasteiger charge is -2.30. The predicted molar refractivity (Wildman–Crippen MR) is 61.1 cm³/mol. The molecule has 88 valence electrons. The van der Waals surface area contributed by atoms with E-state index in [4.69, 9.17) is 5.73 Å². The van der Waals surface area contributed by atoms with Crippen LogP contribution in [0.4, 0.5) is 0 Å². The first-order valence-electron chi connectivity index (χ1n) is 5.05. The number of nitrogens with two attached hydrogens (primary N) is 1. The third-order valence-electron chi connectivity index (χ3n) is 2.62. The molecule has 1 amide bonds. The summed E-state index contributed by atoms with van der Waals surface area (Å²) in [5, 5.41) is 12.2. The summed E-state index contributed by atoms with van der Waals surface area (Å²) in [6.45, 7) is 5.47. The van der Waals surface area contributed by atoms with Crippen LogP contribution in [0.25, 0.3) is 0 Å². The summed E-state index contributed by atoms with van der Waals surface area (Å²) in [5.74, 6) is -0.498. The van der Waals surface area contributed by atoms with Gasteiger partial charge < -0.3 is 16.2 Å². The Bertz CT molecular complexity index is 389. The first kappa shape index (κ1) is 12.4. The molecule has 0 saturated heterocycles. The maximum absolute atomic E-state index is 11.8. The van der Waals surface area contributed by atoms with Crippen molar-refractivity contribution in [3.05, 3.63) is 24.0 Å². The Kier molecular flexibility index (Phi) is 3.49. The van der Waals surface area contributed by atoms with E-state index in [-0.39, 0.29) is 23.3 Å². The van der Waals surface area contributed by atoms with Crippen LogP contribution in [-0.4, -0.2) is 27.6 Å². The maximum Gasteiger partial charge on any atom is 0.255 e. The molecular formula is C11H17N3O2. The Labute approximate surface area is 94.7 Å². The van der Waals surface area contributed by atoms with Gasteiger partial charge in [-0.15, -0.1) is 0 Å². The maximum atomic E-state index is 11.8. The molecule has 1 atom stereocenters. The number of carbonyl (C=O) groups excluding carboxylic acids is 1. The van der Waals surface area contributed by atoms with Crippen LogP contribution in [0.2, 0.25) is 0 Å². The van der Waals surface area contributed by atoms with Crippen LogP contribution < -0.4 is 11.1 Å². The number of hydrogen-bond acceptors (Lipinski definition) is 4. The molecule has 1 aromatic heterocycles. The van der Waals surface area contributed by atoms with Crippen molar-refractivity contribution in [2.75, 3.05) is 0 Å². The van der Waals surface area contributed by atoms with Crippen molar-refractivity contribution < 1.29 is 9.90 Å². The molecule has 0 aliphatic heterocycles. The van der Waals surface area contributed by atoms with E-state index in [9.17, 15) is 9.90 Å². The minimum absolute atomic E-state index is 0.138. The van der Waals surface area contributed by atoms with Crippen LogP contribution in [-0.2, 0) is 0 Å². The summed E-state index contributed by atoms with van der Waals surface area (Å²) in [7, 11) is 0. The zero-order valence-corrected chi connectivity index (χ0v) is 9.69. The summed E-state index contributed by atoms with van der Waals surface area (Å²) in [6, 6.07) is 1.27. The predicted octanol–water partition coefficient (Wildman–Crippen LogP) is 0.643. The van der Waals surface area contributed by atoms with E-state index >= 15 is 0 Å². The Morgan fingerprint density at radius 2 is 2.25 bits per heavy atom. The second-order valence-electron chi connectivity index (χ2n) is 4.36. The molecule has 1 aromatic rings. The Morgan fingerprint density at radius 3 is 2.75 bits per heavy atom. The lowest BCUT2D eigenvalue weighted by Crippen LogP contribution is -2.54. The summed E-state index contributed by atoms with van der Waals surface area (Å²) < 4.78 is 0. The van der Waals surface area contributed by atoms with Crippen molar-refractivity contribution in [2.24, 2.45) is 5.73 Å². The van der Waals surface area contributed by atoms with E-state index in [0.717, 1.165) is 0 Å². The number of pyridine rings is 1. The minimum Gasteiger partial charge on any atom is -0.505 e. The monoisotopic (exact) mass is 223 g/mol. The number of rotatable bonds is 3. The van der Waals surface area contributed by atoms with Gasteiger partial charge >= 0.3 is 0 Å². The smallest absolute Gasteiger partial charge is 0.255 e. The molecule has 0 bridgehead atoms. The standard InChI is InChI=1S/C11H17N3O2/c1-7(12)11(2,3)14-10(16)8-4-5-13-6-9(8)15/h4-7,15H,12H2,1-3H3,(H,14,16). The van der Waals surface area contributed by atoms with E-state index in [2.05, 4.69) is 10.3 Å². The Hall–Kier alpha value is -1.62. The fraction of sp³-hybridized carbons (Fsp3) is 0.455. The number of aromatic hydroxyl groups is 1. The zero-order chi connectivity index (χ0) is 12.3. The second-order valence-corrected chi connectivity index (χ2v) is 4.36. The number of nitrogens with zero attached hydrogens (tertiary/aromatic N) is 1. The van der Waals surface area contributed by atoms with Crippen molar-refractivity contribution in [3.63, 3.8) is 0 Å². The highest BCUT2D eigenvalue weighted by Crippen LogP contribution is 2.15. The molecule has 1 rings (SSSR count). The molecule has 0 saturated carbocycles. The highest BCUT2D eigenvalue weighted by molar-refractivity contribution is 5.97. The van der Waals surface area contributed by atoms with Crippen LogP contribution in [0.15, 0.2) is 18.5 Å². The van der Waals surface area contributed by atoms with Crippen LogP contribution in [0, 0.1) is 0 Å². The van der Waals surface area contributed by atoms with Crippen LogP contribution in [0.3, 0.4) is 0 Å². The molecule has 16 heavy (non-hydrogen) atoms. The summed E-state index contributed by atoms with van der Waals surface area (Å²) in [4.78, 5) is 15.5. The zero-order valence-electron chi connectivity index (χ0n) is 9.69. The normalized spacial score (nSPS) is 13.2. The average molecular weight is 223 g/mol. The van der Waals surface area contributed by atoms with Gasteiger partial charge in [-0.3, -0.25) is 9.78 Å². The molecule has 0 radical (unpaired) electrons. The van der Waals surface area contributed by atoms with Crippen LogP contribution >= 0.6 is 0 Å². The third kappa shape index (κ3) is 2.70. The summed E-state index contributed by atoms with van der Waals surface area (Å²) >= 11 is 0. The van der Waals surface area contributed by atoms with Gasteiger partial charge in [0.05, 0.1) is 11.8 Å². The highest BCUT2D eigenvalue weighted by atomic mass is 16.3. The fourth-order valence-corrected chi connectivity index (χ4v) is 1.05. The lowest BCUT2D eigenvalue weighted by molar-refractivity contribution is 0.0900. The molecular weight excluding hydrogens is 206 g/mol. The SMILES string of the molecule is CC(N)C(C)(C)NC(=O)c1ccncc1O. The van der Waals surface area contributed by atoms with Crippen molar-refractivity contribution in [1.82, 2.24) is 10.3 Å². The first-order chi connectivity index (χ1) is 7.34. The molecule has 0 aliphatic carbocycles. The molecule has 1 unspecified atom stereocenters. The number of hydrogen-bond donors (Lipinski definition) is 3. The van der Waals surface area contributed by atoms with Gasteiger partial charge in [0.25, 0.3) is 5.91 Å². The molecule has 4 N–H and O–H groups in total. The van der Waals surface area contributed by atoms with Gasteiger partial charge in [0, 0.05) is 17.8 Å². The number of amides is 1. The van der Waals surface area contributed by atoms with E-state index in [1.807, 2.05) is 20.8 Å². The highest BCUT2D eigenvalue weighted by Gasteiger charge is 2.26. The first-order valence-corrected chi connectivity index (χ1v) is 5.05. The molecule has 5 nitrogen and oxygen atoms in total. The number of nitrogens with one attached hydrogen (secondary N) is 1. The Balaban J connectivity index is 2.85. The van der Waals surface area contributed by atoms with Gasteiger partial charge in [-0.1, -0.05) is 0 Å². The van der Waals surface area contributed by atoms with Gasteiger partial charge in [0.2, 0.25) is 0 Å². The van der Waals surface area contributed by atoms with Gasteiger partial charge in [-0.25, -0.2) is 0 Å². The molecule has 0 spiro atoms. The van der Waals surface area contributed by atoms with Crippen molar-refractivity contribution >= 4 is 5.91 Å². The average Bonchev–Trinajstić information content (AvgIpc) is 2.17. The molecule has 0 fully saturated rings. The molecule has 5 heteroatoms.